The molecule has 0 spiro atoms. The summed E-state index contributed by atoms with van der Waals surface area (Å²) in [7, 11) is 0. The van der Waals surface area contributed by atoms with E-state index in [0.717, 1.165) is 11.0 Å². The van der Waals surface area contributed by atoms with Crippen molar-refractivity contribution in [3.8, 4) is 0 Å². The van der Waals surface area contributed by atoms with Crippen LogP contribution in [0.5, 0.6) is 0 Å². The molecule has 1 N–H and O–H groups in total. The molecular formula is C13H16O2. The molecule has 1 unspecified atom stereocenters. The Bertz CT molecular complexity index is 433. The molecular weight excluding hydrogens is 188 g/mol. The number of furan rings is 1. The van der Waals surface area contributed by atoms with Crippen LogP contribution in [0.4, 0.5) is 0 Å². The Morgan fingerprint density at radius 3 is 2.53 bits per heavy atom. The Labute approximate surface area is 89.5 Å². The van der Waals surface area contributed by atoms with E-state index in [1.54, 1.807) is 6.92 Å². The van der Waals surface area contributed by atoms with Crippen molar-refractivity contribution in [1.82, 2.24) is 0 Å². The van der Waals surface area contributed by atoms with Crippen LogP contribution < -0.4 is 0 Å². The predicted octanol–water partition coefficient (Wildman–Crippen LogP) is 3.30. The van der Waals surface area contributed by atoms with Crippen LogP contribution >= 0.6 is 0 Å². The van der Waals surface area contributed by atoms with E-state index in [0.29, 0.717) is 5.76 Å². The van der Waals surface area contributed by atoms with E-state index in [-0.39, 0.29) is 5.92 Å². The van der Waals surface area contributed by atoms with Gasteiger partial charge in [-0.25, -0.2) is 0 Å². The summed E-state index contributed by atoms with van der Waals surface area (Å²) in [6.07, 6.45) is 0. The first-order chi connectivity index (χ1) is 7.01. The molecule has 2 nitrogen and oxygen atoms in total. The second-order valence-corrected chi connectivity index (χ2v) is 4.45. The van der Waals surface area contributed by atoms with Crippen LogP contribution in [0, 0.1) is 5.92 Å². The van der Waals surface area contributed by atoms with E-state index in [4.69, 9.17) is 4.42 Å². The van der Waals surface area contributed by atoms with Crippen molar-refractivity contribution in [3.63, 3.8) is 0 Å². The topological polar surface area (TPSA) is 33.4 Å². The third kappa shape index (κ3) is 1.65. The molecule has 1 atom stereocenters. The van der Waals surface area contributed by atoms with Crippen LogP contribution in [-0.2, 0) is 5.60 Å². The van der Waals surface area contributed by atoms with Gasteiger partial charge < -0.3 is 9.52 Å². The summed E-state index contributed by atoms with van der Waals surface area (Å²) in [5, 5.41) is 11.3. The molecule has 2 rings (SSSR count). The zero-order valence-corrected chi connectivity index (χ0v) is 9.32. The van der Waals surface area contributed by atoms with Crippen molar-refractivity contribution in [2.45, 2.75) is 26.4 Å². The van der Waals surface area contributed by atoms with E-state index in [9.17, 15) is 5.11 Å². The molecule has 0 bridgehead atoms. The lowest BCUT2D eigenvalue weighted by Crippen LogP contribution is -2.27. The van der Waals surface area contributed by atoms with Gasteiger partial charge in [0, 0.05) is 5.39 Å². The smallest absolute Gasteiger partial charge is 0.136 e. The van der Waals surface area contributed by atoms with E-state index in [1.807, 2.05) is 44.2 Å². The summed E-state index contributed by atoms with van der Waals surface area (Å²) in [5.74, 6) is 0.761. The van der Waals surface area contributed by atoms with Gasteiger partial charge in [-0.15, -0.1) is 0 Å². The minimum atomic E-state index is -0.904. The van der Waals surface area contributed by atoms with Crippen LogP contribution in [0.3, 0.4) is 0 Å². The predicted molar refractivity (Wildman–Crippen MR) is 60.6 cm³/mol. The van der Waals surface area contributed by atoms with Gasteiger partial charge in [0.1, 0.15) is 16.9 Å². The van der Waals surface area contributed by atoms with Crippen LogP contribution in [-0.4, -0.2) is 5.11 Å². The Kier molecular flexibility index (Phi) is 2.31. The number of fused-ring (bicyclic) bond motifs is 1. The highest BCUT2D eigenvalue weighted by molar-refractivity contribution is 5.77. The van der Waals surface area contributed by atoms with Gasteiger partial charge in [-0.2, -0.15) is 0 Å². The molecule has 1 aromatic carbocycles. The van der Waals surface area contributed by atoms with Gasteiger partial charge in [0.2, 0.25) is 0 Å². The van der Waals surface area contributed by atoms with Gasteiger partial charge in [-0.1, -0.05) is 32.0 Å². The van der Waals surface area contributed by atoms with Gasteiger partial charge in [0.25, 0.3) is 0 Å². The Morgan fingerprint density at radius 1 is 1.27 bits per heavy atom. The fourth-order valence-electron chi connectivity index (χ4n) is 1.52. The monoisotopic (exact) mass is 204 g/mol. The highest BCUT2D eigenvalue weighted by Gasteiger charge is 2.30. The Hall–Kier alpha value is -1.28. The fraction of sp³-hybridized carbons (Fsp3) is 0.385. The van der Waals surface area contributed by atoms with Gasteiger partial charge in [0.05, 0.1) is 0 Å². The zero-order valence-electron chi connectivity index (χ0n) is 9.32. The van der Waals surface area contributed by atoms with Crippen molar-refractivity contribution in [1.29, 1.82) is 0 Å². The van der Waals surface area contributed by atoms with Crippen molar-refractivity contribution in [2.24, 2.45) is 5.92 Å². The number of benzene rings is 1. The second-order valence-electron chi connectivity index (χ2n) is 4.45. The standard InChI is InChI=1S/C13H16O2/c1-9(2)13(3,14)12-8-10-6-4-5-7-11(10)15-12/h4-9,14H,1-3H3. The van der Waals surface area contributed by atoms with E-state index in [2.05, 4.69) is 0 Å². The van der Waals surface area contributed by atoms with Gasteiger partial charge in [-0.05, 0) is 25.0 Å². The molecule has 0 saturated heterocycles. The quantitative estimate of drug-likeness (QED) is 0.814. The number of hydrogen-bond acceptors (Lipinski definition) is 2. The molecule has 0 aliphatic rings. The van der Waals surface area contributed by atoms with Gasteiger partial charge >= 0.3 is 0 Å². The largest absolute Gasteiger partial charge is 0.458 e. The molecule has 0 aliphatic carbocycles. The van der Waals surface area contributed by atoms with E-state index >= 15 is 0 Å². The fourth-order valence-corrected chi connectivity index (χ4v) is 1.52. The van der Waals surface area contributed by atoms with Crippen LogP contribution in [0.1, 0.15) is 26.5 Å². The van der Waals surface area contributed by atoms with Crippen molar-refractivity contribution >= 4 is 11.0 Å². The number of hydrogen-bond donors (Lipinski definition) is 1. The normalized spacial score (nSPS) is 15.8. The van der Waals surface area contributed by atoms with Crippen molar-refractivity contribution < 1.29 is 9.52 Å². The first-order valence-electron chi connectivity index (χ1n) is 5.23. The van der Waals surface area contributed by atoms with Crippen LogP contribution in [0.25, 0.3) is 11.0 Å². The summed E-state index contributed by atoms with van der Waals surface area (Å²) < 4.78 is 5.64. The minimum Gasteiger partial charge on any atom is -0.458 e. The first-order valence-corrected chi connectivity index (χ1v) is 5.23. The zero-order chi connectivity index (χ0) is 11.1. The number of aliphatic hydroxyl groups is 1. The highest BCUT2D eigenvalue weighted by Crippen LogP contribution is 2.32. The maximum absolute atomic E-state index is 10.3. The molecule has 0 fully saturated rings. The number of rotatable bonds is 2. The van der Waals surface area contributed by atoms with Gasteiger partial charge in [0.15, 0.2) is 0 Å². The first kappa shape index (κ1) is 10.2. The summed E-state index contributed by atoms with van der Waals surface area (Å²) in [6.45, 7) is 5.75. The average Bonchev–Trinajstić information content (AvgIpc) is 2.61. The van der Waals surface area contributed by atoms with Crippen LogP contribution in [0.2, 0.25) is 0 Å². The highest BCUT2D eigenvalue weighted by atomic mass is 16.4. The second kappa shape index (κ2) is 3.38. The maximum atomic E-state index is 10.3. The molecule has 2 aromatic rings. The average molecular weight is 204 g/mol. The molecule has 0 radical (unpaired) electrons. The Balaban J connectivity index is 2.53. The lowest BCUT2D eigenvalue weighted by atomic mass is 9.90. The summed E-state index contributed by atoms with van der Waals surface area (Å²) >= 11 is 0. The van der Waals surface area contributed by atoms with Crippen molar-refractivity contribution in [3.05, 3.63) is 36.1 Å². The number of para-hydroxylation sites is 1. The third-order valence-corrected chi connectivity index (χ3v) is 3.05. The van der Waals surface area contributed by atoms with Crippen molar-refractivity contribution in [2.75, 3.05) is 0 Å². The lowest BCUT2D eigenvalue weighted by Gasteiger charge is -2.24. The minimum absolute atomic E-state index is 0.123. The SMILES string of the molecule is CC(C)C(C)(O)c1cc2ccccc2o1. The molecule has 0 saturated carbocycles. The van der Waals surface area contributed by atoms with Gasteiger partial charge in [-0.3, -0.25) is 0 Å². The van der Waals surface area contributed by atoms with E-state index < -0.39 is 5.60 Å². The summed E-state index contributed by atoms with van der Waals surface area (Å²) in [4.78, 5) is 0. The lowest BCUT2D eigenvalue weighted by molar-refractivity contribution is -0.00980. The molecule has 1 aromatic heterocycles. The molecule has 1 heterocycles. The Morgan fingerprint density at radius 2 is 1.93 bits per heavy atom. The summed E-state index contributed by atoms with van der Waals surface area (Å²) in [6, 6.07) is 9.70. The summed E-state index contributed by atoms with van der Waals surface area (Å²) in [5.41, 5.74) is -0.0765. The molecule has 15 heavy (non-hydrogen) atoms. The van der Waals surface area contributed by atoms with Crippen LogP contribution in [0.15, 0.2) is 34.7 Å². The molecule has 80 valence electrons. The third-order valence-electron chi connectivity index (χ3n) is 3.05. The maximum Gasteiger partial charge on any atom is 0.136 e. The molecule has 0 aliphatic heterocycles. The molecule has 2 heteroatoms. The van der Waals surface area contributed by atoms with E-state index in [1.165, 1.54) is 0 Å². The molecule has 0 amide bonds.